The van der Waals surface area contributed by atoms with Crippen LogP contribution in [0.25, 0.3) is 0 Å². The molecule has 4 atom stereocenters. The average molecular weight is 356 g/mol. The Bertz CT molecular complexity index is 803. The Morgan fingerprint density at radius 3 is 2.42 bits per heavy atom. The van der Waals surface area contributed by atoms with Gasteiger partial charge in [0.2, 0.25) is 6.79 Å². The van der Waals surface area contributed by atoms with Crippen LogP contribution in [-0.4, -0.2) is 21.0 Å². The van der Waals surface area contributed by atoms with Crippen LogP contribution in [0.15, 0.2) is 36.4 Å². The van der Waals surface area contributed by atoms with Gasteiger partial charge in [-0.25, -0.2) is 0 Å². The minimum atomic E-state index is -0.0644. The fraction of sp³-hybridized carbons (Fsp3) is 0.429. The van der Waals surface area contributed by atoms with Gasteiger partial charge in [0.15, 0.2) is 23.0 Å². The number of fused-ring (bicyclic) bond motifs is 1. The maximum atomic E-state index is 6.53. The lowest BCUT2D eigenvalue weighted by molar-refractivity contribution is 0.0275. The molecule has 5 nitrogen and oxygen atoms in total. The molecule has 2 aromatic carbocycles. The molecule has 2 aliphatic heterocycles. The molecule has 1 saturated heterocycles. The Kier molecular flexibility index (Phi) is 4.41. The summed E-state index contributed by atoms with van der Waals surface area (Å²) >= 11 is 0. The Hall–Kier alpha value is -2.40. The second-order valence-electron chi connectivity index (χ2n) is 6.89. The fourth-order valence-electron chi connectivity index (χ4n) is 3.92. The van der Waals surface area contributed by atoms with Crippen molar-refractivity contribution in [2.75, 3.05) is 21.0 Å². The zero-order valence-corrected chi connectivity index (χ0v) is 15.5. The normalized spacial score (nSPS) is 26.8. The molecule has 0 N–H and O–H groups in total. The summed E-state index contributed by atoms with van der Waals surface area (Å²) in [6.07, 6.45) is -0.0779. The van der Waals surface area contributed by atoms with Gasteiger partial charge in [0.1, 0.15) is 0 Å². The van der Waals surface area contributed by atoms with Crippen LogP contribution in [-0.2, 0) is 4.74 Å². The summed E-state index contributed by atoms with van der Waals surface area (Å²) < 4.78 is 28.5. The molecule has 0 spiro atoms. The molecule has 0 bridgehead atoms. The number of methoxy groups -OCH3 is 2. The van der Waals surface area contributed by atoms with Crippen molar-refractivity contribution < 1.29 is 23.7 Å². The number of para-hydroxylation sites is 1. The van der Waals surface area contributed by atoms with Gasteiger partial charge in [-0.05, 0) is 35.6 Å². The zero-order chi connectivity index (χ0) is 18.3. The van der Waals surface area contributed by atoms with E-state index in [2.05, 4.69) is 26.0 Å². The first-order valence-electron chi connectivity index (χ1n) is 8.90. The summed E-state index contributed by atoms with van der Waals surface area (Å²) in [6, 6.07) is 12.0. The minimum absolute atomic E-state index is 0.0135. The van der Waals surface area contributed by atoms with Crippen LogP contribution in [0.3, 0.4) is 0 Å². The second-order valence-corrected chi connectivity index (χ2v) is 6.89. The highest BCUT2D eigenvalue weighted by Gasteiger charge is 2.42. The van der Waals surface area contributed by atoms with Gasteiger partial charge in [0, 0.05) is 5.56 Å². The lowest BCUT2D eigenvalue weighted by Crippen LogP contribution is -2.10. The zero-order valence-electron chi connectivity index (χ0n) is 15.5. The molecule has 0 radical (unpaired) electrons. The van der Waals surface area contributed by atoms with Crippen molar-refractivity contribution in [3.8, 4) is 23.0 Å². The third-order valence-corrected chi connectivity index (χ3v) is 5.54. The van der Waals surface area contributed by atoms with Crippen LogP contribution in [0.5, 0.6) is 23.0 Å². The number of hydrogen-bond donors (Lipinski definition) is 0. The molecule has 5 heteroatoms. The molecular weight excluding hydrogens is 332 g/mol. The molecule has 4 rings (SSSR count). The first kappa shape index (κ1) is 17.0. The highest BCUT2D eigenvalue weighted by atomic mass is 16.7. The lowest BCUT2D eigenvalue weighted by Gasteiger charge is -2.20. The van der Waals surface area contributed by atoms with Crippen LogP contribution in [0.1, 0.15) is 37.2 Å². The van der Waals surface area contributed by atoms with Gasteiger partial charge in [0.05, 0.1) is 26.4 Å². The van der Waals surface area contributed by atoms with Crippen molar-refractivity contribution in [2.24, 2.45) is 11.8 Å². The Morgan fingerprint density at radius 2 is 1.65 bits per heavy atom. The van der Waals surface area contributed by atoms with E-state index in [1.807, 2.05) is 24.3 Å². The summed E-state index contributed by atoms with van der Waals surface area (Å²) in [5.74, 6) is 3.71. The van der Waals surface area contributed by atoms with E-state index in [4.69, 9.17) is 23.7 Å². The van der Waals surface area contributed by atoms with Crippen molar-refractivity contribution in [3.63, 3.8) is 0 Å². The van der Waals surface area contributed by atoms with Gasteiger partial charge in [-0.15, -0.1) is 0 Å². The third-order valence-electron chi connectivity index (χ3n) is 5.54. The van der Waals surface area contributed by atoms with Gasteiger partial charge < -0.3 is 23.7 Å². The van der Waals surface area contributed by atoms with E-state index in [-0.39, 0.29) is 19.0 Å². The van der Waals surface area contributed by atoms with E-state index in [1.165, 1.54) is 0 Å². The second kappa shape index (κ2) is 6.72. The van der Waals surface area contributed by atoms with Gasteiger partial charge in [0.25, 0.3) is 0 Å². The number of hydrogen-bond acceptors (Lipinski definition) is 5. The van der Waals surface area contributed by atoms with Gasteiger partial charge in [-0.2, -0.15) is 0 Å². The molecule has 138 valence electrons. The first-order chi connectivity index (χ1) is 12.6. The molecule has 0 aliphatic carbocycles. The molecule has 0 unspecified atom stereocenters. The molecule has 2 aromatic rings. The van der Waals surface area contributed by atoms with Crippen LogP contribution in [0.2, 0.25) is 0 Å². The molecule has 0 amide bonds. The first-order valence-corrected chi connectivity index (χ1v) is 8.90. The largest absolute Gasteiger partial charge is 0.493 e. The van der Waals surface area contributed by atoms with Crippen LogP contribution < -0.4 is 18.9 Å². The SMILES string of the molecule is COc1cccc([C@H]2O[C@H](c3ccc4c(c3)OCO4)[C@H](C)[C@@H]2C)c1OC. The van der Waals surface area contributed by atoms with E-state index in [9.17, 15) is 0 Å². The fourth-order valence-corrected chi connectivity index (χ4v) is 3.92. The number of benzene rings is 2. The summed E-state index contributed by atoms with van der Waals surface area (Å²) in [5, 5.41) is 0. The van der Waals surface area contributed by atoms with E-state index >= 15 is 0 Å². The van der Waals surface area contributed by atoms with Crippen molar-refractivity contribution >= 4 is 0 Å². The van der Waals surface area contributed by atoms with Crippen LogP contribution in [0, 0.1) is 11.8 Å². The van der Waals surface area contributed by atoms with E-state index in [1.54, 1.807) is 14.2 Å². The van der Waals surface area contributed by atoms with Gasteiger partial charge in [-0.3, -0.25) is 0 Å². The van der Waals surface area contributed by atoms with Crippen molar-refractivity contribution in [3.05, 3.63) is 47.5 Å². The van der Waals surface area contributed by atoms with Crippen LogP contribution >= 0.6 is 0 Å². The monoisotopic (exact) mass is 356 g/mol. The molecular formula is C21H24O5. The highest BCUT2D eigenvalue weighted by Crippen LogP contribution is 2.52. The summed E-state index contributed by atoms with van der Waals surface area (Å²) in [5.41, 5.74) is 2.13. The molecule has 2 aliphatic rings. The maximum absolute atomic E-state index is 6.53. The molecule has 1 fully saturated rings. The summed E-state index contributed by atoms with van der Waals surface area (Å²) in [4.78, 5) is 0. The quantitative estimate of drug-likeness (QED) is 0.806. The molecule has 0 aromatic heterocycles. The van der Waals surface area contributed by atoms with E-state index in [0.717, 1.165) is 34.1 Å². The third kappa shape index (κ3) is 2.67. The number of ether oxygens (including phenoxy) is 5. The summed E-state index contributed by atoms with van der Waals surface area (Å²) in [6.45, 7) is 4.73. The van der Waals surface area contributed by atoms with E-state index < -0.39 is 0 Å². The van der Waals surface area contributed by atoms with Gasteiger partial charge >= 0.3 is 0 Å². The van der Waals surface area contributed by atoms with Crippen LogP contribution in [0.4, 0.5) is 0 Å². The molecule has 0 saturated carbocycles. The van der Waals surface area contributed by atoms with Crippen molar-refractivity contribution in [2.45, 2.75) is 26.1 Å². The number of rotatable bonds is 4. The lowest BCUT2D eigenvalue weighted by atomic mass is 9.85. The Labute approximate surface area is 153 Å². The van der Waals surface area contributed by atoms with E-state index in [0.29, 0.717) is 11.8 Å². The smallest absolute Gasteiger partial charge is 0.231 e. The molecule has 2 heterocycles. The van der Waals surface area contributed by atoms with Gasteiger partial charge in [-0.1, -0.05) is 32.0 Å². The molecule has 26 heavy (non-hydrogen) atoms. The summed E-state index contributed by atoms with van der Waals surface area (Å²) in [7, 11) is 3.32. The van der Waals surface area contributed by atoms with Crippen molar-refractivity contribution in [1.29, 1.82) is 0 Å². The topological polar surface area (TPSA) is 46.2 Å². The highest BCUT2D eigenvalue weighted by molar-refractivity contribution is 5.49. The average Bonchev–Trinajstić information content (AvgIpc) is 3.25. The minimum Gasteiger partial charge on any atom is -0.493 e. The van der Waals surface area contributed by atoms with Crippen molar-refractivity contribution in [1.82, 2.24) is 0 Å². The predicted molar refractivity (Wildman–Crippen MR) is 97.0 cm³/mol. The standard InChI is InChI=1S/C21H24O5/c1-12-13(2)20(15-6-5-7-17(22-3)21(15)23-4)26-19(12)14-8-9-16-18(10-14)25-11-24-16/h5-10,12-13,19-20H,11H2,1-4H3/t12-,13+,19+,20+/m1/s1. The Balaban J connectivity index is 1.67. The maximum Gasteiger partial charge on any atom is 0.231 e. The predicted octanol–water partition coefficient (Wildman–Crippen LogP) is 4.52. The Morgan fingerprint density at radius 1 is 0.885 bits per heavy atom.